The summed E-state index contributed by atoms with van der Waals surface area (Å²) in [5.74, 6) is -2.33. The highest BCUT2D eigenvalue weighted by Gasteiger charge is 2.33. The Hall–Kier alpha value is -4.52. The zero-order chi connectivity index (χ0) is 38.6. The van der Waals surface area contributed by atoms with E-state index in [4.69, 9.17) is 4.74 Å². The molecular formula is C41H40F5N3O3S. The van der Waals surface area contributed by atoms with Gasteiger partial charge in [-0.25, -0.2) is 8.78 Å². The fourth-order valence-electron chi connectivity index (χ4n) is 6.79. The Morgan fingerprint density at radius 1 is 0.962 bits per heavy atom. The summed E-state index contributed by atoms with van der Waals surface area (Å²) in [7, 11) is 1.64. The summed E-state index contributed by atoms with van der Waals surface area (Å²) in [4.78, 5) is 31.9. The molecule has 6 nitrogen and oxygen atoms in total. The summed E-state index contributed by atoms with van der Waals surface area (Å²) in [6.45, 7) is 4.08. The molecular weight excluding hydrogens is 710 g/mol. The number of thioether (sulfide) groups is 1. The maximum Gasteiger partial charge on any atom is 0.416 e. The van der Waals surface area contributed by atoms with Gasteiger partial charge < -0.3 is 19.1 Å². The van der Waals surface area contributed by atoms with Crippen molar-refractivity contribution in [2.75, 3.05) is 33.4 Å². The molecule has 1 unspecified atom stereocenters. The van der Waals surface area contributed by atoms with E-state index in [2.05, 4.69) is 4.90 Å². The van der Waals surface area contributed by atoms with Crippen LogP contribution in [-0.2, 0) is 28.0 Å². The third kappa shape index (κ3) is 8.83. The lowest BCUT2D eigenvalue weighted by Gasteiger charge is -2.42. The summed E-state index contributed by atoms with van der Waals surface area (Å²) in [6.07, 6.45) is -3.26. The van der Waals surface area contributed by atoms with Crippen LogP contribution in [-0.4, -0.2) is 59.7 Å². The second-order valence-electron chi connectivity index (χ2n) is 13.0. The number of alkyl halides is 3. The van der Waals surface area contributed by atoms with Gasteiger partial charge in [0.25, 0.3) is 0 Å². The molecule has 2 heterocycles. The van der Waals surface area contributed by atoms with Crippen molar-refractivity contribution in [3.63, 3.8) is 0 Å². The molecule has 1 saturated heterocycles. The monoisotopic (exact) mass is 750 g/mol. The van der Waals surface area contributed by atoms with Crippen molar-refractivity contribution in [3.05, 3.63) is 136 Å². The van der Waals surface area contributed by atoms with Gasteiger partial charge in [0, 0.05) is 55.6 Å². The van der Waals surface area contributed by atoms with Gasteiger partial charge in [0.15, 0.2) is 17.1 Å². The standard InChI is InChI=1S/C41H40F5N3O3S/c1-27(28-10-12-29(13-11-28)30-14-16-32(17-15-30)41(44,45)46)49(33-18-20-47(21-19-33)22-23-52-2)38(51)25-48-36-9-4-3-7-34(36)37(50)24-39(48)53-26-31-6-5-8-35(42)40(31)43/h3-17,24,27,33H,18-23,25-26H2,1-2H3/i27D. The Balaban J connectivity index is 1.34. The van der Waals surface area contributed by atoms with Gasteiger partial charge in [-0.05, 0) is 66.8 Å². The Kier molecular flexibility index (Phi) is 11.6. The van der Waals surface area contributed by atoms with Crippen LogP contribution < -0.4 is 5.43 Å². The van der Waals surface area contributed by atoms with Crippen molar-refractivity contribution in [1.82, 2.24) is 14.4 Å². The quantitative estimate of drug-likeness (QED) is 0.0942. The number of benzene rings is 4. The van der Waals surface area contributed by atoms with Gasteiger partial charge in [-0.2, -0.15) is 13.2 Å². The molecule has 1 aliphatic rings. The number of carbonyl (C=O) groups is 1. The molecule has 6 rings (SSSR count). The van der Waals surface area contributed by atoms with Crippen molar-refractivity contribution in [1.29, 1.82) is 0 Å². The highest BCUT2D eigenvalue weighted by Crippen LogP contribution is 2.34. The number of aromatic nitrogens is 1. The van der Waals surface area contributed by atoms with Crippen LogP contribution in [0.5, 0.6) is 0 Å². The molecule has 1 aromatic heterocycles. The number of amides is 1. The molecule has 53 heavy (non-hydrogen) atoms. The summed E-state index contributed by atoms with van der Waals surface area (Å²) >= 11 is 1.11. The first-order chi connectivity index (χ1) is 25.8. The highest BCUT2D eigenvalue weighted by atomic mass is 32.2. The van der Waals surface area contributed by atoms with Gasteiger partial charge in [-0.15, -0.1) is 11.8 Å². The SMILES string of the molecule is [2H]C(C)(c1ccc(-c2ccc(C(F)(F)F)cc2)cc1)N(C(=O)Cn1c(SCc2cccc(F)c2F)cc(=O)c2ccccc21)C1CCN(CCOC)CC1. The molecule has 4 aromatic carbocycles. The van der Waals surface area contributed by atoms with Crippen LogP contribution in [0.25, 0.3) is 22.0 Å². The second kappa shape index (κ2) is 16.7. The average molecular weight is 751 g/mol. The smallest absolute Gasteiger partial charge is 0.383 e. The number of carbonyl (C=O) groups excluding carboxylic acids is 1. The minimum atomic E-state index is -4.45. The van der Waals surface area contributed by atoms with Crippen LogP contribution in [0.1, 0.15) is 43.8 Å². The van der Waals surface area contributed by atoms with Gasteiger partial charge in [-0.3, -0.25) is 9.59 Å². The highest BCUT2D eigenvalue weighted by molar-refractivity contribution is 7.98. The number of rotatable bonds is 12. The lowest BCUT2D eigenvalue weighted by Crippen LogP contribution is -2.49. The van der Waals surface area contributed by atoms with Gasteiger partial charge in [0.1, 0.15) is 6.54 Å². The molecule has 0 bridgehead atoms. The Labute approximate surface area is 310 Å². The van der Waals surface area contributed by atoms with Crippen LogP contribution in [0.3, 0.4) is 0 Å². The average Bonchev–Trinajstić information content (AvgIpc) is 3.16. The fourth-order valence-corrected chi connectivity index (χ4v) is 7.83. The number of nitrogens with zero attached hydrogens (tertiary/aromatic N) is 3. The zero-order valence-electron chi connectivity index (χ0n) is 30.3. The van der Waals surface area contributed by atoms with Crippen LogP contribution in [0.4, 0.5) is 22.0 Å². The topological polar surface area (TPSA) is 54.8 Å². The van der Waals surface area contributed by atoms with E-state index in [1.54, 1.807) is 72.0 Å². The number of hydrogen-bond donors (Lipinski definition) is 0. The summed E-state index contributed by atoms with van der Waals surface area (Å²) in [6, 6.07) is 22.0. The molecule has 1 amide bonds. The Morgan fingerprint density at radius 3 is 2.28 bits per heavy atom. The van der Waals surface area contributed by atoms with Gasteiger partial charge in [-0.1, -0.05) is 60.7 Å². The maximum absolute atomic E-state index is 14.8. The molecule has 12 heteroatoms. The number of ether oxygens (including phenoxy) is 1. The van der Waals surface area contributed by atoms with Crippen molar-refractivity contribution in [3.8, 4) is 11.1 Å². The van der Waals surface area contributed by atoms with Gasteiger partial charge >= 0.3 is 6.18 Å². The van der Waals surface area contributed by atoms with Crippen LogP contribution in [0.2, 0.25) is 0 Å². The van der Waals surface area contributed by atoms with Crippen LogP contribution in [0.15, 0.2) is 107 Å². The third-order valence-electron chi connectivity index (χ3n) is 9.69. The van der Waals surface area contributed by atoms with E-state index in [1.165, 1.54) is 30.3 Å². The number of para-hydroxylation sites is 1. The summed E-state index contributed by atoms with van der Waals surface area (Å²) < 4.78 is 84.9. The number of hydrogen-bond acceptors (Lipinski definition) is 5. The molecule has 1 atom stereocenters. The third-order valence-corrected chi connectivity index (χ3v) is 10.8. The predicted molar refractivity (Wildman–Crippen MR) is 198 cm³/mol. The Morgan fingerprint density at radius 2 is 1.62 bits per heavy atom. The second-order valence-corrected chi connectivity index (χ2v) is 14.0. The van der Waals surface area contributed by atoms with Crippen molar-refractivity contribution in [2.45, 2.75) is 55.3 Å². The molecule has 0 aliphatic carbocycles. The maximum atomic E-state index is 14.8. The first kappa shape index (κ1) is 36.8. The molecule has 1 fully saturated rings. The van der Waals surface area contributed by atoms with Crippen LogP contribution >= 0.6 is 11.8 Å². The number of likely N-dealkylation sites (tertiary alicyclic amines) is 1. The number of pyridine rings is 1. The van der Waals surface area contributed by atoms with Crippen LogP contribution in [0, 0.1) is 11.6 Å². The molecule has 278 valence electrons. The summed E-state index contributed by atoms with van der Waals surface area (Å²) in [5, 5.41) is 0.773. The van der Waals surface area contributed by atoms with E-state index in [-0.39, 0.29) is 35.2 Å². The zero-order valence-corrected chi connectivity index (χ0v) is 30.2. The minimum absolute atomic E-state index is 0.000648. The number of fused-ring (bicyclic) bond motifs is 1. The van der Waals surface area contributed by atoms with E-state index in [1.807, 2.05) is 0 Å². The number of piperidine rings is 1. The largest absolute Gasteiger partial charge is 0.416 e. The molecule has 0 N–H and O–H groups in total. The van der Waals surface area contributed by atoms with Crippen molar-refractivity contribution < 1.29 is 32.9 Å². The van der Waals surface area contributed by atoms with E-state index in [0.29, 0.717) is 65.2 Å². The van der Waals surface area contributed by atoms with E-state index < -0.39 is 29.4 Å². The molecule has 1 aliphatic heterocycles. The number of methoxy groups -OCH3 is 1. The molecule has 5 aromatic rings. The van der Waals surface area contributed by atoms with E-state index in [9.17, 15) is 32.9 Å². The summed E-state index contributed by atoms with van der Waals surface area (Å²) in [5.41, 5.74) is 1.31. The molecule has 0 spiro atoms. The van der Waals surface area contributed by atoms with Gasteiger partial charge in [0.05, 0.1) is 30.1 Å². The minimum Gasteiger partial charge on any atom is -0.383 e. The van der Waals surface area contributed by atoms with E-state index in [0.717, 1.165) is 36.5 Å². The van der Waals surface area contributed by atoms with E-state index >= 15 is 0 Å². The lowest BCUT2D eigenvalue weighted by atomic mass is 9.96. The van der Waals surface area contributed by atoms with Crippen molar-refractivity contribution >= 4 is 28.6 Å². The predicted octanol–water partition coefficient (Wildman–Crippen LogP) is 8.96. The normalized spacial score (nSPS) is 15.6. The molecule has 0 radical (unpaired) electrons. The number of halogens is 5. The van der Waals surface area contributed by atoms with Crippen molar-refractivity contribution in [2.24, 2.45) is 0 Å². The molecule has 0 saturated carbocycles. The van der Waals surface area contributed by atoms with Gasteiger partial charge in [0.2, 0.25) is 5.91 Å². The Bertz CT molecular complexity index is 2150. The first-order valence-electron chi connectivity index (χ1n) is 17.8. The fraction of sp³-hybridized carbons (Fsp3) is 0.317. The first-order valence-corrected chi connectivity index (χ1v) is 18.3. The lowest BCUT2D eigenvalue weighted by molar-refractivity contribution is -0.138.